The molecule has 0 aliphatic heterocycles. The minimum Gasteiger partial charge on any atom is -0.316 e. The number of hydrogen-bond donors (Lipinski definition) is 1. The number of halogens is 1. The number of benzene rings is 1. The van der Waals surface area contributed by atoms with Gasteiger partial charge in [-0.2, -0.15) is 4.31 Å². The highest BCUT2D eigenvalue weighted by Gasteiger charge is 2.28. The minimum absolute atomic E-state index is 0.149. The molecule has 0 aliphatic carbocycles. The van der Waals surface area contributed by atoms with Gasteiger partial charge in [0, 0.05) is 19.1 Å². The highest BCUT2D eigenvalue weighted by molar-refractivity contribution is 7.89. The predicted octanol–water partition coefficient (Wildman–Crippen LogP) is 2.13. The van der Waals surface area contributed by atoms with Crippen LogP contribution in [0.5, 0.6) is 0 Å². The molecule has 0 aromatic heterocycles. The average molecular weight is 300 g/mol. The van der Waals surface area contributed by atoms with Crippen molar-refractivity contribution in [3.05, 3.63) is 42.2 Å². The fourth-order valence-electron chi connectivity index (χ4n) is 1.90. The van der Waals surface area contributed by atoms with Gasteiger partial charge in [-0.3, -0.25) is 0 Å². The van der Waals surface area contributed by atoms with E-state index < -0.39 is 15.8 Å². The van der Waals surface area contributed by atoms with Crippen molar-refractivity contribution in [3.63, 3.8) is 0 Å². The summed E-state index contributed by atoms with van der Waals surface area (Å²) in [5, 5.41) is 2.91. The Morgan fingerprint density at radius 2 is 2.10 bits per heavy atom. The Morgan fingerprint density at radius 3 is 2.60 bits per heavy atom. The summed E-state index contributed by atoms with van der Waals surface area (Å²) < 4.78 is 40.3. The third kappa shape index (κ3) is 3.65. The third-order valence-electron chi connectivity index (χ3n) is 2.85. The van der Waals surface area contributed by atoms with Crippen LogP contribution in [0.4, 0.5) is 4.39 Å². The Labute approximate surface area is 120 Å². The molecule has 0 heterocycles. The number of sulfonamides is 1. The molecule has 0 aliphatic rings. The molecule has 0 radical (unpaired) electrons. The van der Waals surface area contributed by atoms with E-state index >= 15 is 0 Å². The fraction of sp³-hybridized carbons (Fsp3) is 0.429. The van der Waals surface area contributed by atoms with Gasteiger partial charge in [0.15, 0.2) is 0 Å². The second-order valence-corrected chi connectivity index (χ2v) is 6.61. The number of nitrogens with one attached hydrogen (secondary N) is 1. The first-order chi connectivity index (χ1) is 9.34. The summed E-state index contributed by atoms with van der Waals surface area (Å²) in [7, 11) is -2.13. The zero-order valence-electron chi connectivity index (χ0n) is 12.1. The van der Waals surface area contributed by atoms with Crippen molar-refractivity contribution < 1.29 is 12.8 Å². The van der Waals surface area contributed by atoms with Crippen molar-refractivity contribution in [2.75, 3.05) is 13.6 Å². The van der Waals surface area contributed by atoms with Crippen LogP contribution in [0.15, 0.2) is 35.7 Å². The molecule has 1 N–H and O–H groups in total. The van der Waals surface area contributed by atoms with Crippen LogP contribution in [0.25, 0.3) is 0 Å². The molecule has 0 saturated carbocycles. The Balaban J connectivity index is 3.32. The van der Waals surface area contributed by atoms with Gasteiger partial charge in [0.2, 0.25) is 10.0 Å². The molecule has 20 heavy (non-hydrogen) atoms. The summed E-state index contributed by atoms with van der Waals surface area (Å²) in [6, 6.07) is 3.86. The van der Waals surface area contributed by atoms with Crippen LogP contribution < -0.4 is 5.32 Å². The van der Waals surface area contributed by atoms with Gasteiger partial charge in [-0.15, -0.1) is 6.58 Å². The molecule has 112 valence electrons. The standard InChI is InChI=1S/C14H21FN2O2S/c1-5-8-17(11(2)3)20(18,19)14-9-12(10-16-4)6-7-13(14)15/h5-7,9,11,16H,1,8,10H2,2-4H3. The first-order valence-electron chi connectivity index (χ1n) is 6.40. The maximum atomic E-state index is 13.9. The number of rotatable bonds is 7. The van der Waals surface area contributed by atoms with Gasteiger partial charge in [0.25, 0.3) is 0 Å². The molecule has 0 saturated heterocycles. The van der Waals surface area contributed by atoms with Crippen molar-refractivity contribution >= 4 is 10.0 Å². The molecule has 0 bridgehead atoms. The van der Waals surface area contributed by atoms with Crippen LogP contribution in [0.1, 0.15) is 19.4 Å². The lowest BCUT2D eigenvalue weighted by molar-refractivity contribution is 0.380. The van der Waals surface area contributed by atoms with Crippen molar-refractivity contribution in [1.29, 1.82) is 0 Å². The lowest BCUT2D eigenvalue weighted by Gasteiger charge is -2.25. The number of hydrogen-bond acceptors (Lipinski definition) is 3. The molecule has 0 amide bonds. The quantitative estimate of drug-likeness (QED) is 0.785. The summed E-state index contributed by atoms with van der Waals surface area (Å²) in [5.74, 6) is -0.737. The van der Waals surface area contributed by atoms with E-state index in [9.17, 15) is 12.8 Å². The molecule has 6 heteroatoms. The van der Waals surface area contributed by atoms with Gasteiger partial charge in [-0.05, 0) is 38.6 Å². The van der Waals surface area contributed by atoms with Gasteiger partial charge >= 0.3 is 0 Å². The second-order valence-electron chi connectivity index (χ2n) is 4.75. The topological polar surface area (TPSA) is 49.4 Å². The van der Waals surface area contributed by atoms with Crippen LogP contribution >= 0.6 is 0 Å². The van der Waals surface area contributed by atoms with E-state index in [0.717, 1.165) is 5.56 Å². The first kappa shape index (κ1) is 16.8. The highest BCUT2D eigenvalue weighted by Crippen LogP contribution is 2.22. The largest absolute Gasteiger partial charge is 0.316 e. The van der Waals surface area contributed by atoms with Gasteiger partial charge < -0.3 is 5.32 Å². The van der Waals surface area contributed by atoms with Crippen molar-refractivity contribution in [2.45, 2.75) is 31.3 Å². The van der Waals surface area contributed by atoms with E-state index in [2.05, 4.69) is 11.9 Å². The molecule has 0 spiro atoms. The van der Waals surface area contributed by atoms with E-state index in [1.807, 2.05) is 0 Å². The monoisotopic (exact) mass is 300 g/mol. The number of nitrogens with zero attached hydrogens (tertiary/aromatic N) is 1. The third-order valence-corrected chi connectivity index (χ3v) is 4.90. The maximum Gasteiger partial charge on any atom is 0.246 e. The summed E-state index contributed by atoms with van der Waals surface area (Å²) >= 11 is 0. The van der Waals surface area contributed by atoms with E-state index in [0.29, 0.717) is 6.54 Å². The first-order valence-corrected chi connectivity index (χ1v) is 7.84. The van der Waals surface area contributed by atoms with E-state index in [1.54, 1.807) is 27.0 Å². The SMILES string of the molecule is C=CCN(C(C)C)S(=O)(=O)c1cc(CNC)ccc1F. The van der Waals surface area contributed by atoms with Crippen molar-refractivity contribution in [1.82, 2.24) is 9.62 Å². The molecule has 4 nitrogen and oxygen atoms in total. The van der Waals surface area contributed by atoms with Crippen molar-refractivity contribution in [2.24, 2.45) is 0 Å². The molecule has 1 aromatic carbocycles. The van der Waals surface area contributed by atoms with E-state index in [-0.39, 0.29) is 17.5 Å². The van der Waals surface area contributed by atoms with Gasteiger partial charge in [-0.1, -0.05) is 12.1 Å². The highest BCUT2D eigenvalue weighted by atomic mass is 32.2. The maximum absolute atomic E-state index is 13.9. The summed E-state index contributed by atoms with van der Waals surface area (Å²) in [6.45, 7) is 7.67. The zero-order valence-corrected chi connectivity index (χ0v) is 12.9. The Kier molecular flexibility index (Phi) is 5.86. The van der Waals surface area contributed by atoms with Crippen LogP contribution in [-0.2, 0) is 16.6 Å². The molecular formula is C14H21FN2O2S. The average Bonchev–Trinajstić information content (AvgIpc) is 2.37. The molecular weight excluding hydrogens is 279 g/mol. The smallest absolute Gasteiger partial charge is 0.246 e. The fourth-order valence-corrected chi connectivity index (χ4v) is 3.62. The summed E-state index contributed by atoms with van der Waals surface area (Å²) in [6.07, 6.45) is 1.49. The van der Waals surface area contributed by atoms with Crippen LogP contribution in [0, 0.1) is 5.82 Å². The van der Waals surface area contributed by atoms with Crippen LogP contribution in [0.2, 0.25) is 0 Å². The van der Waals surface area contributed by atoms with Gasteiger partial charge in [0.05, 0.1) is 0 Å². The molecule has 1 aromatic rings. The minimum atomic E-state index is -3.87. The van der Waals surface area contributed by atoms with Gasteiger partial charge in [-0.25, -0.2) is 12.8 Å². The molecule has 0 unspecified atom stereocenters. The Bertz CT molecular complexity index is 571. The Morgan fingerprint density at radius 1 is 1.45 bits per heavy atom. The zero-order chi connectivity index (χ0) is 15.3. The predicted molar refractivity (Wildman–Crippen MR) is 78.4 cm³/mol. The second kappa shape index (κ2) is 6.97. The van der Waals surface area contributed by atoms with Crippen LogP contribution in [-0.4, -0.2) is 32.4 Å². The molecule has 0 atom stereocenters. The van der Waals surface area contributed by atoms with E-state index in [4.69, 9.17) is 0 Å². The normalized spacial score (nSPS) is 12.1. The van der Waals surface area contributed by atoms with Crippen LogP contribution in [0.3, 0.4) is 0 Å². The van der Waals surface area contributed by atoms with E-state index in [1.165, 1.54) is 22.5 Å². The van der Waals surface area contributed by atoms with Gasteiger partial charge in [0.1, 0.15) is 10.7 Å². The lowest BCUT2D eigenvalue weighted by Crippen LogP contribution is -2.37. The summed E-state index contributed by atoms with van der Waals surface area (Å²) in [4.78, 5) is -0.291. The molecule has 1 rings (SSSR count). The molecule has 0 fully saturated rings. The van der Waals surface area contributed by atoms with Crippen molar-refractivity contribution in [3.8, 4) is 0 Å². The Hall–Kier alpha value is -1.24. The summed E-state index contributed by atoms with van der Waals surface area (Å²) in [5.41, 5.74) is 0.717. The lowest BCUT2D eigenvalue weighted by atomic mass is 10.2.